The smallest absolute Gasteiger partial charge is 0.206 e. The minimum absolute atomic E-state index is 0.133. The molecule has 2 saturated carbocycles. The lowest BCUT2D eigenvalue weighted by atomic mass is 9.71. The van der Waals surface area contributed by atoms with Crippen molar-refractivity contribution in [1.29, 1.82) is 0 Å². The van der Waals surface area contributed by atoms with Crippen LogP contribution in [0.15, 0.2) is 12.7 Å². The number of ketones is 2. The van der Waals surface area contributed by atoms with Gasteiger partial charge in [-0.1, -0.05) is 6.42 Å². The van der Waals surface area contributed by atoms with Crippen LogP contribution in [-0.2, 0) is 14.3 Å². The molecule has 3 heterocycles. The van der Waals surface area contributed by atoms with Crippen LogP contribution in [0.3, 0.4) is 0 Å². The van der Waals surface area contributed by atoms with Crippen molar-refractivity contribution in [3.05, 3.63) is 12.7 Å². The number of carbonyl (C=O) groups excluding carboxylic acids is 2. The average Bonchev–Trinajstić information content (AvgIpc) is 3.48. The minimum atomic E-state index is -2.51. The third-order valence-electron chi connectivity index (χ3n) is 7.81. The Morgan fingerprint density at radius 2 is 1.90 bits per heavy atom. The van der Waals surface area contributed by atoms with Crippen molar-refractivity contribution in [2.75, 3.05) is 5.73 Å². The summed E-state index contributed by atoms with van der Waals surface area (Å²) in [5.41, 5.74) is 1.49. The van der Waals surface area contributed by atoms with Gasteiger partial charge < -0.3 is 20.7 Å². The van der Waals surface area contributed by atoms with Crippen molar-refractivity contribution in [2.45, 2.75) is 69.5 Å². The first-order chi connectivity index (χ1) is 14.7. The summed E-state index contributed by atoms with van der Waals surface area (Å²) in [6.45, 7) is 2.33. The first-order valence-electron chi connectivity index (χ1n) is 10.7. The second-order valence-corrected chi connectivity index (χ2v) is 9.38. The second kappa shape index (κ2) is 6.78. The highest BCUT2D eigenvalue weighted by Gasteiger charge is 2.72. The number of rotatable bonds is 5. The number of hydrogen-bond donors (Lipinski definition) is 3. The van der Waals surface area contributed by atoms with E-state index in [9.17, 15) is 19.8 Å². The number of nitrogens with zero attached hydrogens (tertiary/aromatic N) is 4. The lowest BCUT2D eigenvalue weighted by Crippen LogP contribution is -2.65. The van der Waals surface area contributed by atoms with E-state index in [2.05, 4.69) is 15.0 Å². The molecule has 10 nitrogen and oxygen atoms in total. The highest BCUT2D eigenvalue weighted by molar-refractivity contribution is 5.99. The molecule has 0 radical (unpaired) electrons. The minimum Gasteiger partial charge on any atom is -0.382 e. The number of nitrogens with two attached hydrogens (primary N) is 1. The van der Waals surface area contributed by atoms with Gasteiger partial charge >= 0.3 is 0 Å². The highest BCUT2D eigenvalue weighted by Crippen LogP contribution is 2.54. The lowest BCUT2D eigenvalue weighted by molar-refractivity contribution is -0.181. The van der Waals surface area contributed by atoms with Crippen LogP contribution in [0.2, 0.25) is 0 Å². The molecule has 1 saturated heterocycles. The van der Waals surface area contributed by atoms with Crippen LogP contribution in [0.1, 0.15) is 52.2 Å². The first kappa shape index (κ1) is 20.5. The van der Waals surface area contributed by atoms with Gasteiger partial charge in [0, 0.05) is 0 Å². The Kier molecular flexibility index (Phi) is 4.48. The van der Waals surface area contributed by atoms with Gasteiger partial charge in [0.05, 0.1) is 12.4 Å². The monoisotopic (exact) mass is 429 g/mol. The maximum Gasteiger partial charge on any atom is 0.206 e. The number of aliphatic hydroxyl groups is 2. The van der Waals surface area contributed by atoms with Crippen molar-refractivity contribution in [1.82, 2.24) is 19.5 Å². The third-order valence-corrected chi connectivity index (χ3v) is 7.81. The van der Waals surface area contributed by atoms with Crippen LogP contribution in [0.25, 0.3) is 11.2 Å². The van der Waals surface area contributed by atoms with Gasteiger partial charge in [-0.05, 0) is 57.3 Å². The van der Waals surface area contributed by atoms with Crippen molar-refractivity contribution in [3.8, 4) is 0 Å². The maximum atomic E-state index is 12.8. The molecule has 0 spiro atoms. The van der Waals surface area contributed by atoms with Gasteiger partial charge in [0.15, 0.2) is 34.9 Å². The van der Waals surface area contributed by atoms with E-state index in [1.165, 1.54) is 30.6 Å². The summed E-state index contributed by atoms with van der Waals surface area (Å²) >= 11 is 0. The number of carbonyl (C=O) groups is 2. The van der Waals surface area contributed by atoms with Crippen molar-refractivity contribution in [2.24, 2.45) is 17.8 Å². The quantitative estimate of drug-likeness (QED) is 0.625. The number of aromatic nitrogens is 4. The van der Waals surface area contributed by atoms with E-state index in [1.54, 1.807) is 0 Å². The van der Waals surface area contributed by atoms with Gasteiger partial charge in [0.2, 0.25) is 5.60 Å². The maximum absolute atomic E-state index is 12.8. The zero-order chi connectivity index (χ0) is 22.1. The van der Waals surface area contributed by atoms with Gasteiger partial charge in [0.25, 0.3) is 0 Å². The fourth-order valence-corrected chi connectivity index (χ4v) is 6.20. The van der Waals surface area contributed by atoms with Crippen molar-refractivity contribution in [3.63, 3.8) is 0 Å². The number of hydrogen-bond acceptors (Lipinski definition) is 9. The highest BCUT2D eigenvalue weighted by atomic mass is 16.6. The van der Waals surface area contributed by atoms with E-state index in [-0.39, 0.29) is 22.9 Å². The molecular weight excluding hydrogens is 402 g/mol. The lowest BCUT2D eigenvalue weighted by Gasteiger charge is -2.38. The van der Waals surface area contributed by atoms with Crippen LogP contribution in [-0.4, -0.2) is 58.6 Å². The van der Waals surface area contributed by atoms with E-state index >= 15 is 0 Å². The normalized spacial score (nSPS) is 39.4. The Labute approximate surface area is 178 Å². The fraction of sp³-hybridized carbons (Fsp3) is 0.667. The summed E-state index contributed by atoms with van der Waals surface area (Å²) in [4.78, 5) is 37.8. The molecule has 0 amide bonds. The zero-order valence-corrected chi connectivity index (χ0v) is 17.6. The van der Waals surface area contributed by atoms with Crippen molar-refractivity contribution >= 4 is 28.5 Å². The van der Waals surface area contributed by atoms with E-state index in [0.717, 1.165) is 26.2 Å². The molecule has 10 heteroatoms. The van der Waals surface area contributed by atoms with Gasteiger partial charge in [-0.25, -0.2) is 15.0 Å². The zero-order valence-electron chi connectivity index (χ0n) is 17.6. The molecule has 3 fully saturated rings. The summed E-state index contributed by atoms with van der Waals surface area (Å²) in [5, 5.41) is 23.2. The van der Waals surface area contributed by atoms with Gasteiger partial charge in [0.1, 0.15) is 11.8 Å². The summed E-state index contributed by atoms with van der Waals surface area (Å²) in [6, 6.07) is 0. The molecule has 166 valence electrons. The fourth-order valence-electron chi connectivity index (χ4n) is 6.20. The Morgan fingerprint density at radius 3 is 2.52 bits per heavy atom. The topological polar surface area (TPSA) is 153 Å². The summed E-state index contributed by atoms with van der Waals surface area (Å²) in [7, 11) is 0. The summed E-state index contributed by atoms with van der Waals surface area (Å²) in [6.07, 6.45) is 5.04. The predicted octanol–water partition coefficient (Wildman–Crippen LogP) is 0.772. The molecule has 3 aliphatic rings. The number of nitrogen functional groups attached to an aromatic ring is 1. The Bertz CT molecular complexity index is 1070. The first-order valence-corrected chi connectivity index (χ1v) is 10.7. The van der Waals surface area contributed by atoms with Gasteiger partial charge in [-0.3, -0.25) is 14.2 Å². The van der Waals surface area contributed by atoms with E-state index in [1.807, 2.05) is 0 Å². The molecule has 7 atom stereocenters. The number of imidazole rings is 1. The summed E-state index contributed by atoms with van der Waals surface area (Å²) in [5.74, 6) is 0.127. The molecule has 3 unspecified atom stereocenters. The summed E-state index contributed by atoms with van der Waals surface area (Å²) < 4.78 is 7.51. The number of Topliss-reactive ketones (excluding diaryl/α,β-unsaturated/α-hetero) is 2. The molecule has 1 aliphatic heterocycles. The van der Waals surface area contributed by atoms with Crippen LogP contribution >= 0.6 is 0 Å². The molecule has 5 rings (SSSR count). The van der Waals surface area contributed by atoms with Crippen LogP contribution < -0.4 is 5.73 Å². The number of anilines is 1. The second-order valence-electron chi connectivity index (χ2n) is 9.38. The number of ether oxygens (including phenoxy) is 1. The van der Waals surface area contributed by atoms with E-state index < -0.39 is 35.1 Å². The van der Waals surface area contributed by atoms with Crippen LogP contribution in [0.4, 0.5) is 5.82 Å². The molecule has 4 N–H and O–H groups in total. The van der Waals surface area contributed by atoms with E-state index in [0.29, 0.717) is 18.3 Å². The third kappa shape index (κ3) is 2.64. The van der Waals surface area contributed by atoms with Crippen molar-refractivity contribution < 1.29 is 24.5 Å². The standard InChI is InChI=1S/C21H27N5O5/c1-10(27)20(29)15(7-14-6-12-3-4-13(14)5-12)31-19(21(20,30)11(2)28)26-9-25-16-17(22)23-8-24-18(16)26/h8-9,12-15,19,29-30H,3-7H2,1-2H3,(H2,22,23,24)/t12?,13?,14?,15-,19-,20-,21+/m1/s1. The Hall–Kier alpha value is -2.43. The van der Waals surface area contributed by atoms with Crippen LogP contribution in [0, 0.1) is 17.8 Å². The van der Waals surface area contributed by atoms with Gasteiger partial charge in [-0.15, -0.1) is 0 Å². The largest absolute Gasteiger partial charge is 0.382 e. The molecule has 0 aromatic carbocycles. The Balaban J connectivity index is 1.60. The predicted molar refractivity (Wildman–Crippen MR) is 108 cm³/mol. The molecule has 2 bridgehead atoms. The molecule has 2 aromatic heterocycles. The SMILES string of the molecule is CC(=O)[C@@]1(O)[C@@H](CC2CC3CCC2C3)O[C@@H](n2cnc3c(N)ncnc32)[C@@]1(O)C(C)=O. The van der Waals surface area contributed by atoms with Crippen LogP contribution in [0.5, 0.6) is 0 Å². The molecule has 31 heavy (non-hydrogen) atoms. The molecule has 2 aliphatic carbocycles. The van der Waals surface area contributed by atoms with Gasteiger partial charge in [-0.2, -0.15) is 0 Å². The molecular formula is C21H27N5O5. The molecule has 2 aromatic rings. The number of fused-ring (bicyclic) bond motifs is 3. The Morgan fingerprint density at radius 1 is 1.16 bits per heavy atom. The van der Waals surface area contributed by atoms with E-state index in [4.69, 9.17) is 10.5 Å². The average molecular weight is 429 g/mol.